The highest BCUT2D eigenvalue weighted by molar-refractivity contribution is 7.92. The lowest BCUT2D eigenvalue weighted by Crippen LogP contribution is -2.16. The number of halogens is 2. The van der Waals surface area contributed by atoms with Crippen molar-refractivity contribution >= 4 is 60.5 Å². The van der Waals surface area contributed by atoms with Crippen LogP contribution in [-0.2, 0) is 20.0 Å². The van der Waals surface area contributed by atoms with Gasteiger partial charge in [-0.1, -0.05) is 23.2 Å². The molecule has 0 spiro atoms. The van der Waals surface area contributed by atoms with E-state index in [1.165, 1.54) is 67.8 Å². The van der Waals surface area contributed by atoms with Gasteiger partial charge in [-0.15, -0.1) is 0 Å². The van der Waals surface area contributed by atoms with Gasteiger partial charge in [-0.3, -0.25) is 9.52 Å². The van der Waals surface area contributed by atoms with Gasteiger partial charge >= 0.3 is 0 Å². The van der Waals surface area contributed by atoms with Crippen molar-refractivity contribution in [1.82, 2.24) is 0 Å². The summed E-state index contributed by atoms with van der Waals surface area (Å²) in [5.41, 5.74) is 0.321. The number of sulfonamides is 2. The molecule has 0 atom stereocenters. The molecule has 9 nitrogen and oxygen atoms in total. The first-order valence-corrected chi connectivity index (χ1v) is 12.8. The zero-order valence-corrected chi connectivity index (χ0v) is 20.0. The van der Waals surface area contributed by atoms with Gasteiger partial charge in [0.2, 0.25) is 10.0 Å². The minimum atomic E-state index is -4.10. The molecule has 33 heavy (non-hydrogen) atoms. The number of hydrogen-bond acceptors (Lipinski definition) is 6. The molecule has 0 fully saturated rings. The van der Waals surface area contributed by atoms with Gasteiger partial charge in [0, 0.05) is 10.7 Å². The lowest BCUT2D eigenvalue weighted by Gasteiger charge is -2.14. The molecule has 0 aliphatic heterocycles. The maximum absolute atomic E-state index is 12.8. The van der Waals surface area contributed by atoms with E-state index in [0.717, 1.165) is 0 Å². The predicted molar refractivity (Wildman–Crippen MR) is 126 cm³/mol. The molecular weight excluding hydrogens is 513 g/mol. The van der Waals surface area contributed by atoms with Crippen LogP contribution >= 0.6 is 23.2 Å². The van der Waals surface area contributed by atoms with E-state index in [0.29, 0.717) is 5.02 Å². The molecule has 0 aliphatic rings. The van der Waals surface area contributed by atoms with Crippen molar-refractivity contribution in [3.05, 3.63) is 76.3 Å². The van der Waals surface area contributed by atoms with Gasteiger partial charge < -0.3 is 10.1 Å². The molecule has 0 unspecified atom stereocenters. The molecule has 13 heteroatoms. The molecule has 0 saturated heterocycles. The average molecular weight is 530 g/mol. The van der Waals surface area contributed by atoms with Gasteiger partial charge in [0.25, 0.3) is 15.9 Å². The van der Waals surface area contributed by atoms with E-state index in [1.54, 1.807) is 0 Å². The number of anilines is 2. The van der Waals surface area contributed by atoms with Crippen molar-refractivity contribution in [2.45, 2.75) is 9.79 Å². The molecule has 4 N–H and O–H groups in total. The van der Waals surface area contributed by atoms with Crippen molar-refractivity contribution in [2.75, 3.05) is 17.1 Å². The topological polar surface area (TPSA) is 145 Å². The van der Waals surface area contributed by atoms with Crippen LogP contribution in [0.5, 0.6) is 5.75 Å². The van der Waals surface area contributed by atoms with Crippen LogP contribution in [0.4, 0.5) is 11.4 Å². The smallest absolute Gasteiger partial charge is 0.261 e. The summed E-state index contributed by atoms with van der Waals surface area (Å²) in [4.78, 5) is 12.3. The Bertz CT molecular complexity index is 1430. The first-order valence-electron chi connectivity index (χ1n) is 9.01. The second-order valence-electron chi connectivity index (χ2n) is 6.62. The van der Waals surface area contributed by atoms with E-state index < -0.39 is 26.0 Å². The first-order chi connectivity index (χ1) is 15.4. The number of ether oxygens (including phenoxy) is 1. The van der Waals surface area contributed by atoms with Gasteiger partial charge in [0.1, 0.15) is 5.75 Å². The van der Waals surface area contributed by atoms with Crippen molar-refractivity contribution < 1.29 is 26.4 Å². The third-order valence-electron chi connectivity index (χ3n) is 4.34. The van der Waals surface area contributed by atoms with E-state index in [9.17, 15) is 21.6 Å². The predicted octanol–water partition coefficient (Wildman–Crippen LogP) is 3.70. The van der Waals surface area contributed by atoms with Gasteiger partial charge in [-0.25, -0.2) is 22.0 Å². The van der Waals surface area contributed by atoms with Crippen LogP contribution in [0.1, 0.15) is 10.4 Å². The summed E-state index contributed by atoms with van der Waals surface area (Å²) in [6.45, 7) is 0. The number of carbonyl (C=O) groups is 1. The molecule has 0 bridgehead atoms. The Balaban J connectivity index is 1.89. The number of primary sulfonamides is 1. The minimum Gasteiger partial charge on any atom is -0.495 e. The maximum Gasteiger partial charge on any atom is 0.261 e. The van der Waals surface area contributed by atoms with Gasteiger partial charge in [-0.2, -0.15) is 0 Å². The van der Waals surface area contributed by atoms with Crippen LogP contribution in [0.3, 0.4) is 0 Å². The van der Waals surface area contributed by atoms with E-state index in [1.807, 2.05) is 0 Å². The van der Waals surface area contributed by atoms with Gasteiger partial charge in [0.15, 0.2) is 0 Å². The molecule has 174 valence electrons. The summed E-state index contributed by atoms with van der Waals surface area (Å²) in [7, 11) is -6.66. The fraction of sp³-hybridized carbons (Fsp3) is 0.0500. The fourth-order valence-electron chi connectivity index (χ4n) is 2.74. The molecule has 1 amide bonds. The van der Waals surface area contributed by atoms with E-state index in [-0.39, 0.29) is 37.5 Å². The van der Waals surface area contributed by atoms with E-state index in [4.69, 9.17) is 33.1 Å². The summed E-state index contributed by atoms with van der Waals surface area (Å²) in [5, 5.41) is 8.08. The molecule has 0 aromatic heterocycles. The first kappa shape index (κ1) is 24.8. The normalized spacial score (nSPS) is 11.6. The summed E-state index contributed by atoms with van der Waals surface area (Å²) in [6.07, 6.45) is 0. The molecule has 3 aromatic rings. The standard InChI is InChI=1S/C20H17Cl2N3O6S2/c1-31-19-9-7-15(11-18(19)24-20(26)16-8-2-12(21)10-17(16)22)33(29,30)25-13-3-5-14(6-4-13)32(23,27)28/h2-11,25H,1H3,(H,24,26)(H2,23,27,28). The Morgan fingerprint density at radius 1 is 0.909 bits per heavy atom. The number of methoxy groups -OCH3 is 1. The van der Waals surface area contributed by atoms with Crippen molar-refractivity contribution in [3.63, 3.8) is 0 Å². The Labute approximate surface area is 200 Å². The van der Waals surface area contributed by atoms with Crippen molar-refractivity contribution in [3.8, 4) is 5.75 Å². The highest BCUT2D eigenvalue weighted by Crippen LogP contribution is 2.30. The second kappa shape index (κ2) is 9.57. The number of rotatable bonds is 7. The van der Waals surface area contributed by atoms with E-state index in [2.05, 4.69) is 10.0 Å². The van der Waals surface area contributed by atoms with Crippen LogP contribution in [0.25, 0.3) is 0 Å². The number of hydrogen-bond donors (Lipinski definition) is 3. The summed E-state index contributed by atoms with van der Waals surface area (Å²) >= 11 is 11.9. The molecule has 0 heterocycles. The Hall–Kier alpha value is -2.83. The Morgan fingerprint density at radius 3 is 2.12 bits per heavy atom. The number of carbonyl (C=O) groups excluding carboxylic acids is 1. The zero-order chi connectivity index (χ0) is 24.4. The van der Waals surface area contributed by atoms with Crippen LogP contribution in [0, 0.1) is 0 Å². The van der Waals surface area contributed by atoms with Crippen LogP contribution in [-0.4, -0.2) is 29.9 Å². The van der Waals surface area contributed by atoms with Crippen molar-refractivity contribution in [2.24, 2.45) is 5.14 Å². The highest BCUT2D eigenvalue weighted by atomic mass is 35.5. The van der Waals surface area contributed by atoms with Crippen LogP contribution in [0.15, 0.2) is 70.5 Å². The highest BCUT2D eigenvalue weighted by Gasteiger charge is 2.20. The number of nitrogens with one attached hydrogen (secondary N) is 2. The third-order valence-corrected chi connectivity index (χ3v) is 7.20. The summed E-state index contributed by atoms with van der Waals surface area (Å²) in [5.74, 6) is -0.388. The molecule has 3 rings (SSSR count). The molecule has 0 aliphatic carbocycles. The van der Waals surface area contributed by atoms with Gasteiger partial charge in [-0.05, 0) is 60.7 Å². The minimum absolute atomic E-state index is 0.0842. The number of amides is 1. The SMILES string of the molecule is COc1ccc(S(=O)(=O)Nc2ccc(S(N)(=O)=O)cc2)cc1NC(=O)c1ccc(Cl)cc1Cl. The molecule has 3 aromatic carbocycles. The lowest BCUT2D eigenvalue weighted by molar-refractivity contribution is 0.102. The average Bonchev–Trinajstić information content (AvgIpc) is 2.73. The van der Waals surface area contributed by atoms with Crippen LogP contribution < -0.4 is 19.9 Å². The largest absolute Gasteiger partial charge is 0.495 e. The Kier molecular flexibility index (Phi) is 7.20. The maximum atomic E-state index is 12.8. The Morgan fingerprint density at radius 2 is 1.55 bits per heavy atom. The number of nitrogens with two attached hydrogens (primary N) is 1. The van der Waals surface area contributed by atoms with Crippen LogP contribution in [0.2, 0.25) is 10.0 Å². The summed E-state index contributed by atoms with van der Waals surface area (Å²) < 4.78 is 55.9. The third kappa shape index (κ3) is 5.95. The molecular formula is C20H17Cl2N3O6S2. The molecule has 0 radical (unpaired) electrons. The molecule has 0 saturated carbocycles. The lowest BCUT2D eigenvalue weighted by atomic mass is 10.2. The van der Waals surface area contributed by atoms with Gasteiger partial charge in [0.05, 0.1) is 33.2 Å². The second-order valence-corrected chi connectivity index (χ2v) is 10.7. The zero-order valence-electron chi connectivity index (χ0n) is 16.9. The fourth-order valence-corrected chi connectivity index (χ4v) is 4.84. The van der Waals surface area contributed by atoms with Crippen molar-refractivity contribution in [1.29, 1.82) is 0 Å². The van der Waals surface area contributed by atoms with E-state index >= 15 is 0 Å². The number of benzene rings is 3. The summed E-state index contributed by atoms with van der Waals surface area (Å²) in [6, 6.07) is 13.0. The monoisotopic (exact) mass is 529 g/mol. The quantitative estimate of drug-likeness (QED) is 0.425.